The summed E-state index contributed by atoms with van der Waals surface area (Å²) in [6.07, 6.45) is 0.0828. The molecule has 0 aliphatic carbocycles. The van der Waals surface area contributed by atoms with Crippen molar-refractivity contribution >= 4 is 39.1 Å². The van der Waals surface area contributed by atoms with Crippen molar-refractivity contribution in [3.8, 4) is 0 Å². The van der Waals surface area contributed by atoms with Gasteiger partial charge >= 0.3 is 0 Å². The first-order valence-corrected chi connectivity index (χ1v) is 7.00. The molecule has 0 bridgehead atoms. The lowest BCUT2D eigenvalue weighted by Gasteiger charge is -2.23. The van der Waals surface area contributed by atoms with Crippen LogP contribution >= 0.6 is 27.5 Å². The molecule has 0 radical (unpaired) electrons. The second-order valence-corrected chi connectivity index (χ2v) is 5.46. The van der Waals surface area contributed by atoms with E-state index in [0.717, 1.165) is 12.6 Å². The first kappa shape index (κ1) is 14.7. The zero-order valence-electron chi connectivity index (χ0n) is 10.0. The second-order valence-electron chi connectivity index (χ2n) is 4.19. The van der Waals surface area contributed by atoms with Gasteiger partial charge in [-0.25, -0.2) is 4.39 Å². The Morgan fingerprint density at radius 3 is 3.05 bits per heavy atom. The van der Waals surface area contributed by atoms with Crippen molar-refractivity contribution in [3.05, 3.63) is 27.4 Å². The molecule has 1 heterocycles. The molecule has 1 aromatic rings. The Morgan fingerprint density at radius 1 is 1.63 bits per heavy atom. The minimum absolute atomic E-state index is 0.147. The molecule has 1 fully saturated rings. The molecule has 1 unspecified atom stereocenters. The van der Waals surface area contributed by atoms with Gasteiger partial charge in [0, 0.05) is 17.6 Å². The number of anilines is 1. The highest BCUT2D eigenvalue weighted by Gasteiger charge is 2.19. The lowest BCUT2D eigenvalue weighted by molar-refractivity contribution is -0.119. The Kier molecular flexibility index (Phi) is 5.15. The Morgan fingerprint density at radius 2 is 2.42 bits per heavy atom. The zero-order valence-corrected chi connectivity index (χ0v) is 12.4. The van der Waals surface area contributed by atoms with Crippen molar-refractivity contribution in [2.75, 3.05) is 25.0 Å². The van der Waals surface area contributed by atoms with Crippen LogP contribution in [0.15, 0.2) is 16.6 Å². The van der Waals surface area contributed by atoms with Crippen LogP contribution in [0.2, 0.25) is 5.02 Å². The Hall–Kier alpha value is -0.690. The number of carbonyl (C=O) groups excluding carboxylic acids is 1. The molecule has 1 aromatic carbocycles. The average Bonchev–Trinajstić information content (AvgIpc) is 2.35. The van der Waals surface area contributed by atoms with Crippen molar-refractivity contribution in [1.29, 1.82) is 0 Å². The number of nitrogens with one attached hydrogen (secondary N) is 2. The molecule has 1 saturated heterocycles. The van der Waals surface area contributed by atoms with Crippen LogP contribution in [0.25, 0.3) is 0 Å². The summed E-state index contributed by atoms with van der Waals surface area (Å²) in [7, 11) is 0. The van der Waals surface area contributed by atoms with Crippen LogP contribution in [0.3, 0.4) is 0 Å². The van der Waals surface area contributed by atoms with Crippen molar-refractivity contribution in [2.24, 2.45) is 0 Å². The summed E-state index contributed by atoms with van der Waals surface area (Å²) in [5, 5.41) is 5.96. The van der Waals surface area contributed by atoms with Gasteiger partial charge < -0.3 is 15.4 Å². The van der Waals surface area contributed by atoms with E-state index < -0.39 is 5.82 Å². The first-order valence-electron chi connectivity index (χ1n) is 5.83. The van der Waals surface area contributed by atoms with E-state index in [2.05, 4.69) is 26.6 Å². The summed E-state index contributed by atoms with van der Waals surface area (Å²) in [6.45, 7) is 2.04. The number of rotatable bonds is 3. The van der Waals surface area contributed by atoms with Gasteiger partial charge in [-0.1, -0.05) is 11.6 Å². The van der Waals surface area contributed by atoms with Gasteiger partial charge in [0.1, 0.15) is 5.82 Å². The highest BCUT2D eigenvalue weighted by atomic mass is 79.9. The molecule has 2 rings (SSSR count). The largest absolute Gasteiger partial charge is 0.375 e. The second kappa shape index (κ2) is 6.65. The van der Waals surface area contributed by atoms with Gasteiger partial charge in [-0.05, 0) is 28.1 Å². The molecule has 2 N–H and O–H groups in total. The Labute approximate surface area is 123 Å². The molecule has 7 heteroatoms. The lowest BCUT2D eigenvalue weighted by atomic mass is 10.2. The van der Waals surface area contributed by atoms with Crippen molar-refractivity contribution in [2.45, 2.75) is 12.5 Å². The minimum atomic E-state index is -0.463. The van der Waals surface area contributed by atoms with Gasteiger partial charge in [-0.15, -0.1) is 0 Å². The maximum absolute atomic E-state index is 13.1. The van der Waals surface area contributed by atoms with Crippen LogP contribution in [0.1, 0.15) is 6.42 Å². The number of amides is 1. The van der Waals surface area contributed by atoms with Crippen LogP contribution in [0, 0.1) is 5.82 Å². The Balaban J connectivity index is 1.98. The maximum Gasteiger partial charge on any atom is 0.227 e. The summed E-state index contributed by atoms with van der Waals surface area (Å²) in [5.41, 5.74) is 0.372. The number of ether oxygens (including phenoxy) is 1. The molecule has 1 aliphatic heterocycles. The Bertz CT molecular complexity index is 458. The molecule has 1 atom stereocenters. The van der Waals surface area contributed by atoms with Crippen molar-refractivity contribution in [1.82, 2.24) is 5.32 Å². The third-order valence-electron chi connectivity index (χ3n) is 2.69. The van der Waals surface area contributed by atoms with Crippen molar-refractivity contribution < 1.29 is 13.9 Å². The molecule has 1 aliphatic rings. The molecule has 0 spiro atoms. The third kappa shape index (κ3) is 4.14. The van der Waals surface area contributed by atoms with Crippen LogP contribution in [0.5, 0.6) is 0 Å². The van der Waals surface area contributed by atoms with Gasteiger partial charge in [0.05, 0.1) is 29.8 Å². The number of carbonyl (C=O) groups is 1. The number of hydrogen-bond acceptors (Lipinski definition) is 3. The average molecular weight is 352 g/mol. The predicted molar refractivity (Wildman–Crippen MR) is 75.0 cm³/mol. The van der Waals surface area contributed by atoms with Crippen LogP contribution in [-0.4, -0.2) is 31.7 Å². The van der Waals surface area contributed by atoms with Crippen LogP contribution < -0.4 is 10.6 Å². The molecule has 0 aromatic heterocycles. The maximum atomic E-state index is 13.1. The van der Waals surface area contributed by atoms with E-state index in [9.17, 15) is 9.18 Å². The molecule has 0 saturated carbocycles. The van der Waals surface area contributed by atoms with E-state index in [4.69, 9.17) is 16.3 Å². The van der Waals surface area contributed by atoms with E-state index in [0.29, 0.717) is 23.3 Å². The topological polar surface area (TPSA) is 50.4 Å². The van der Waals surface area contributed by atoms with Crippen LogP contribution in [0.4, 0.5) is 10.1 Å². The first-order chi connectivity index (χ1) is 9.06. The fraction of sp³-hybridized carbons (Fsp3) is 0.417. The fourth-order valence-corrected chi connectivity index (χ4v) is 2.71. The quantitative estimate of drug-likeness (QED) is 0.880. The van der Waals surface area contributed by atoms with E-state index in [1.165, 1.54) is 6.07 Å². The fourth-order valence-electron chi connectivity index (χ4n) is 1.81. The SMILES string of the molecule is O=C(CC1CNCCO1)Nc1c(Cl)cc(F)cc1Br. The van der Waals surface area contributed by atoms with Gasteiger partial charge in [0.25, 0.3) is 0 Å². The number of hydrogen-bond donors (Lipinski definition) is 2. The number of morpholine rings is 1. The monoisotopic (exact) mass is 350 g/mol. The summed E-state index contributed by atoms with van der Waals surface area (Å²) in [4.78, 5) is 11.9. The highest BCUT2D eigenvalue weighted by Crippen LogP contribution is 2.31. The molecule has 1 amide bonds. The predicted octanol–water partition coefficient (Wildman–Crippen LogP) is 2.56. The molecule has 104 valence electrons. The third-order valence-corrected chi connectivity index (χ3v) is 3.61. The van der Waals surface area contributed by atoms with Gasteiger partial charge in [0.15, 0.2) is 0 Å². The van der Waals surface area contributed by atoms with Crippen molar-refractivity contribution in [3.63, 3.8) is 0 Å². The molecular formula is C12H13BrClFN2O2. The standard InChI is InChI=1S/C12H13BrClFN2O2/c13-9-3-7(15)4-10(14)12(9)17-11(18)5-8-6-16-1-2-19-8/h3-4,8,16H,1-2,5-6H2,(H,17,18). The van der Waals surface area contributed by atoms with Crippen LogP contribution in [-0.2, 0) is 9.53 Å². The van der Waals surface area contributed by atoms with Gasteiger partial charge in [-0.2, -0.15) is 0 Å². The smallest absolute Gasteiger partial charge is 0.227 e. The zero-order chi connectivity index (χ0) is 13.8. The molecular weight excluding hydrogens is 338 g/mol. The summed E-state index contributed by atoms with van der Waals surface area (Å²) in [6, 6.07) is 2.40. The number of halogens is 3. The van der Waals surface area contributed by atoms with Gasteiger partial charge in [0.2, 0.25) is 5.91 Å². The summed E-state index contributed by atoms with van der Waals surface area (Å²) in [5.74, 6) is -0.683. The van der Waals surface area contributed by atoms with Gasteiger partial charge in [-0.3, -0.25) is 4.79 Å². The van der Waals surface area contributed by atoms with E-state index in [-0.39, 0.29) is 23.5 Å². The molecule has 19 heavy (non-hydrogen) atoms. The highest BCUT2D eigenvalue weighted by molar-refractivity contribution is 9.10. The molecule has 4 nitrogen and oxygen atoms in total. The normalized spacial score (nSPS) is 19.2. The summed E-state index contributed by atoms with van der Waals surface area (Å²) < 4.78 is 18.9. The van der Waals surface area contributed by atoms with E-state index in [1.807, 2.05) is 0 Å². The number of benzene rings is 1. The minimum Gasteiger partial charge on any atom is -0.375 e. The lowest BCUT2D eigenvalue weighted by Crippen LogP contribution is -2.40. The van der Waals surface area contributed by atoms with E-state index in [1.54, 1.807) is 0 Å². The van der Waals surface area contributed by atoms with E-state index >= 15 is 0 Å². The summed E-state index contributed by atoms with van der Waals surface area (Å²) >= 11 is 9.06.